The monoisotopic (exact) mass is 723 g/mol. The fourth-order valence-corrected chi connectivity index (χ4v) is 4.45. The van der Waals surface area contributed by atoms with Crippen LogP contribution in [0, 0.1) is 0 Å². The standard InChI is InChI=1S/2C10H20O2.2C8H16O2.C4H10O2/c2*1-2-3-4-5-6-7-8-9-10(11)12;2*1-2-3-4-5-6-7-8(9)10;5-3-1-2-4-6/h2*2-9H2,1H3,(H,11,12);2*2-7H2,1H3,(H,9,10);5-6H,1-4H2. The fourth-order valence-electron chi connectivity index (χ4n) is 4.45. The van der Waals surface area contributed by atoms with E-state index in [0.29, 0.717) is 25.7 Å². The Hall–Kier alpha value is -2.20. The molecule has 0 fully saturated rings. The minimum Gasteiger partial charge on any atom is -0.481 e. The summed E-state index contributed by atoms with van der Waals surface area (Å²) in [6, 6.07) is 0. The van der Waals surface area contributed by atoms with Crippen molar-refractivity contribution in [2.75, 3.05) is 13.2 Å². The van der Waals surface area contributed by atoms with Crippen molar-refractivity contribution in [3.8, 4) is 0 Å². The van der Waals surface area contributed by atoms with E-state index in [1.165, 1.54) is 103 Å². The van der Waals surface area contributed by atoms with Crippen LogP contribution in [0.2, 0.25) is 0 Å². The van der Waals surface area contributed by atoms with Gasteiger partial charge in [0.15, 0.2) is 0 Å². The smallest absolute Gasteiger partial charge is 0.303 e. The van der Waals surface area contributed by atoms with Crippen LogP contribution in [0.1, 0.15) is 220 Å². The van der Waals surface area contributed by atoms with Gasteiger partial charge in [0.1, 0.15) is 0 Å². The first-order valence-electron chi connectivity index (χ1n) is 20.1. The normalized spacial score (nSPS) is 9.80. The second-order valence-electron chi connectivity index (χ2n) is 12.8. The number of hydrogen-bond acceptors (Lipinski definition) is 6. The maximum atomic E-state index is 10.1. The van der Waals surface area contributed by atoms with Gasteiger partial charge in [-0.25, -0.2) is 0 Å². The van der Waals surface area contributed by atoms with Gasteiger partial charge in [0.25, 0.3) is 0 Å². The maximum Gasteiger partial charge on any atom is 0.303 e. The van der Waals surface area contributed by atoms with E-state index in [4.69, 9.17) is 30.6 Å². The molecule has 0 bridgehead atoms. The molecule has 0 heterocycles. The molecular formula is C40H82O10. The third kappa shape index (κ3) is 85.4. The van der Waals surface area contributed by atoms with Crippen LogP contribution >= 0.6 is 0 Å². The zero-order chi connectivity index (χ0) is 38.9. The molecule has 0 amide bonds. The molecule has 0 saturated heterocycles. The van der Waals surface area contributed by atoms with Gasteiger partial charge in [-0.2, -0.15) is 0 Å². The van der Waals surface area contributed by atoms with Gasteiger partial charge in [-0.15, -0.1) is 0 Å². The highest BCUT2D eigenvalue weighted by molar-refractivity contribution is 5.67. The molecule has 0 atom stereocenters. The zero-order valence-electron chi connectivity index (χ0n) is 32.9. The van der Waals surface area contributed by atoms with Crippen LogP contribution in [0.4, 0.5) is 0 Å². The first-order chi connectivity index (χ1) is 24.0. The number of aliphatic carboxylic acids is 4. The Kier molecular flexibility index (Phi) is 64.2. The van der Waals surface area contributed by atoms with Crippen molar-refractivity contribution in [3.63, 3.8) is 0 Å². The first-order valence-corrected chi connectivity index (χ1v) is 20.1. The number of rotatable bonds is 31. The average molecular weight is 723 g/mol. The van der Waals surface area contributed by atoms with E-state index in [1.807, 2.05) is 0 Å². The molecule has 0 rings (SSSR count). The molecule has 0 spiro atoms. The lowest BCUT2D eigenvalue weighted by Crippen LogP contribution is -1.93. The number of aliphatic hydroxyl groups excluding tert-OH is 2. The predicted molar refractivity (Wildman–Crippen MR) is 206 cm³/mol. The molecule has 0 aromatic carbocycles. The Bertz CT molecular complexity index is 615. The Morgan fingerprint density at radius 2 is 0.440 bits per heavy atom. The topological polar surface area (TPSA) is 190 Å². The number of carbonyl (C=O) groups is 4. The van der Waals surface area contributed by atoms with E-state index in [9.17, 15) is 19.2 Å². The van der Waals surface area contributed by atoms with Gasteiger partial charge in [-0.05, 0) is 38.5 Å². The number of hydrogen-bond donors (Lipinski definition) is 6. The summed E-state index contributed by atoms with van der Waals surface area (Å²) in [5.41, 5.74) is 0. The number of carboxylic acids is 4. The number of aliphatic hydroxyl groups is 2. The van der Waals surface area contributed by atoms with E-state index >= 15 is 0 Å². The van der Waals surface area contributed by atoms with Crippen molar-refractivity contribution in [1.29, 1.82) is 0 Å². The van der Waals surface area contributed by atoms with Crippen molar-refractivity contribution in [2.45, 2.75) is 220 Å². The molecule has 0 aliphatic carbocycles. The summed E-state index contributed by atoms with van der Waals surface area (Å²) in [5, 5.41) is 49.4. The lowest BCUT2D eigenvalue weighted by atomic mass is 10.1. The van der Waals surface area contributed by atoms with E-state index < -0.39 is 23.9 Å². The minimum atomic E-state index is -0.670. The number of carboxylic acid groups (broad SMARTS) is 4. The van der Waals surface area contributed by atoms with E-state index in [1.54, 1.807) is 0 Å². The molecule has 50 heavy (non-hydrogen) atoms. The van der Waals surface area contributed by atoms with Crippen LogP contribution in [0.5, 0.6) is 0 Å². The summed E-state index contributed by atoms with van der Waals surface area (Å²) in [7, 11) is 0. The molecular weight excluding hydrogens is 640 g/mol. The Morgan fingerprint density at radius 1 is 0.280 bits per heavy atom. The molecule has 6 N–H and O–H groups in total. The quantitative estimate of drug-likeness (QED) is 0.0375. The van der Waals surface area contributed by atoms with Crippen LogP contribution in [-0.2, 0) is 19.2 Å². The van der Waals surface area contributed by atoms with Crippen LogP contribution in [0.15, 0.2) is 0 Å². The molecule has 302 valence electrons. The average Bonchev–Trinajstić information content (AvgIpc) is 3.07. The molecule has 0 unspecified atom stereocenters. The Balaban J connectivity index is -0.000000171. The number of unbranched alkanes of at least 4 members (excludes halogenated alkanes) is 21. The summed E-state index contributed by atoms with van der Waals surface area (Å²) >= 11 is 0. The van der Waals surface area contributed by atoms with Crippen LogP contribution < -0.4 is 0 Å². The fraction of sp³-hybridized carbons (Fsp3) is 0.900. The van der Waals surface area contributed by atoms with Gasteiger partial charge < -0.3 is 30.6 Å². The highest BCUT2D eigenvalue weighted by Gasteiger charge is 1.98. The summed E-state index contributed by atoms with van der Waals surface area (Å²) in [6.07, 6.45) is 30.5. The van der Waals surface area contributed by atoms with Crippen molar-refractivity contribution < 1.29 is 49.8 Å². The molecule has 0 aromatic heterocycles. The van der Waals surface area contributed by atoms with E-state index in [-0.39, 0.29) is 13.2 Å². The van der Waals surface area contributed by atoms with Crippen molar-refractivity contribution >= 4 is 23.9 Å². The molecule has 0 aromatic rings. The molecule has 10 nitrogen and oxygen atoms in total. The van der Waals surface area contributed by atoms with Crippen molar-refractivity contribution in [2.24, 2.45) is 0 Å². The van der Waals surface area contributed by atoms with Gasteiger partial charge in [0.05, 0.1) is 0 Å². The minimum absolute atomic E-state index is 0.195. The molecule has 0 aliphatic heterocycles. The van der Waals surface area contributed by atoms with E-state index in [2.05, 4.69) is 27.7 Å². The summed E-state index contributed by atoms with van der Waals surface area (Å²) in [5.74, 6) is -2.67. The summed E-state index contributed by atoms with van der Waals surface area (Å²) in [4.78, 5) is 40.3. The summed E-state index contributed by atoms with van der Waals surface area (Å²) in [6.45, 7) is 9.09. The van der Waals surface area contributed by atoms with Crippen molar-refractivity contribution in [1.82, 2.24) is 0 Å². The van der Waals surface area contributed by atoms with Gasteiger partial charge in [-0.1, -0.05) is 156 Å². The van der Waals surface area contributed by atoms with Gasteiger partial charge in [0, 0.05) is 38.9 Å². The van der Waals surface area contributed by atoms with Gasteiger partial charge >= 0.3 is 23.9 Å². The lowest BCUT2D eigenvalue weighted by Gasteiger charge is -1.98. The van der Waals surface area contributed by atoms with Gasteiger partial charge in [0.2, 0.25) is 0 Å². The van der Waals surface area contributed by atoms with Gasteiger partial charge in [-0.3, -0.25) is 19.2 Å². The lowest BCUT2D eigenvalue weighted by molar-refractivity contribution is -0.138. The Morgan fingerprint density at radius 3 is 0.580 bits per heavy atom. The molecule has 0 radical (unpaired) electrons. The van der Waals surface area contributed by atoms with Crippen LogP contribution in [-0.4, -0.2) is 67.7 Å². The largest absolute Gasteiger partial charge is 0.481 e. The Labute approximate surface area is 306 Å². The highest BCUT2D eigenvalue weighted by Crippen LogP contribution is 2.09. The molecule has 10 heteroatoms. The highest BCUT2D eigenvalue weighted by atomic mass is 16.4. The van der Waals surface area contributed by atoms with Crippen LogP contribution in [0.3, 0.4) is 0 Å². The third-order valence-corrected chi connectivity index (χ3v) is 7.54. The summed E-state index contributed by atoms with van der Waals surface area (Å²) < 4.78 is 0. The van der Waals surface area contributed by atoms with E-state index in [0.717, 1.165) is 64.2 Å². The van der Waals surface area contributed by atoms with Crippen LogP contribution in [0.25, 0.3) is 0 Å². The first kappa shape index (κ1) is 57.2. The second kappa shape index (κ2) is 56.2. The zero-order valence-corrected chi connectivity index (χ0v) is 32.9. The molecule has 0 aliphatic rings. The SMILES string of the molecule is CCCCCCCC(=O)O.CCCCCCCC(=O)O.CCCCCCCCCC(=O)O.CCCCCCCCCC(=O)O.OCCCCO. The maximum absolute atomic E-state index is 10.1. The molecule has 0 saturated carbocycles. The van der Waals surface area contributed by atoms with Crippen molar-refractivity contribution in [3.05, 3.63) is 0 Å². The predicted octanol–water partition coefficient (Wildman–Crippen LogP) is 11.0. The second-order valence-corrected chi connectivity index (χ2v) is 12.8. The third-order valence-electron chi connectivity index (χ3n) is 7.54.